The van der Waals surface area contributed by atoms with Crippen LogP contribution >= 0.6 is 12.6 Å². The fourth-order valence-electron chi connectivity index (χ4n) is 1.31. The third kappa shape index (κ3) is 7.67. The van der Waals surface area contributed by atoms with Crippen LogP contribution < -0.4 is 5.32 Å². The van der Waals surface area contributed by atoms with E-state index >= 15 is 0 Å². The smallest absolute Gasteiger partial charge is 0.0429 e. The molecule has 0 spiro atoms. The summed E-state index contributed by atoms with van der Waals surface area (Å²) in [5, 5.41) is 18.1. The molecule has 0 fully saturated rings. The Balaban J connectivity index is 0.000000555. The highest BCUT2D eigenvalue weighted by molar-refractivity contribution is 7.81. The van der Waals surface area contributed by atoms with E-state index in [0.29, 0.717) is 11.4 Å². The fourth-order valence-corrected chi connectivity index (χ4v) is 1.31. The van der Waals surface area contributed by atoms with Crippen LogP contribution in [0.4, 0.5) is 5.69 Å². The Bertz CT molecular complexity index is 453. The van der Waals surface area contributed by atoms with Crippen LogP contribution in [0.5, 0.6) is 0 Å². The first-order chi connectivity index (χ1) is 8.56. The van der Waals surface area contributed by atoms with Crippen LogP contribution in [0.25, 0.3) is 0 Å². The molecule has 0 aliphatic heterocycles. The second-order valence-electron chi connectivity index (χ2n) is 5.43. The summed E-state index contributed by atoms with van der Waals surface area (Å²) in [4.78, 5) is 0. The van der Waals surface area contributed by atoms with Gasteiger partial charge in [-0.3, -0.25) is 0 Å². The lowest BCUT2D eigenvalue weighted by molar-refractivity contribution is 0.812. The minimum atomic E-state index is 0.194. The maximum atomic E-state index is 7.61. The molecule has 106 valence electrons. The molecule has 0 aromatic heterocycles. The average Bonchev–Trinajstić information content (AvgIpc) is 2.25. The molecule has 3 N–H and O–H groups in total. The van der Waals surface area contributed by atoms with Crippen LogP contribution in [0.1, 0.15) is 45.7 Å². The number of hydrogen-bond acceptors (Lipinski definition) is 4. The van der Waals surface area contributed by atoms with Crippen LogP contribution in [-0.4, -0.2) is 23.2 Å². The van der Waals surface area contributed by atoms with Crippen LogP contribution in [-0.2, 0) is 0 Å². The largest absolute Gasteiger partial charge is 0.388 e. The topological polar surface area (TPSA) is 59.7 Å². The number of rotatable bonds is 3. The molecule has 1 rings (SSSR count). The van der Waals surface area contributed by atoms with E-state index in [0.717, 1.165) is 16.8 Å². The van der Waals surface area contributed by atoms with Gasteiger partial charge in [-0.25, -0.2) is 0 Å². The van der Waals surface area contributed by atoms with E-state index < -0.39 is 0 Å². The summed E-state index contributed by atoms with van der Waals surface area (Å²) in [5.74, 6) is 0. The van der Waals surface area contributed by atoms with Crippen molar-refractivity contribution in [2.24, 2.45) is 0 Å². The van der Waals surface area contributed by atoms with Crippen molar-refractivity contribution in [1.29, 1.82) is 10.8 Å². The predicted octanol–water partition coefficient (Wildman–Crippen LogP) is 4.22. The Morgan fingerprint density at radius 3 is 1.89 bits per heavy atom. The molecule has 0 bridgehead atoms. The number of anilines is 1. The Hall–Kier alpha value is -1.29. The first kappa shape index (κ1) is 17.7. The molecule has 1 aromatic rings. The number of benzene rings is 1. The van der Waals surface area contributed by atoms with E-state index in [1.807, 2.05) is 25.2 Å². The maximum Gasteiger partial charge on any atom is 0.0429 e. The quantitative estimate of drug-likeness (QED) is 0.486. The lowest BCUT2D eigenvalue weighted by Crippen LogP contribution is -2.03. The SMILES string of the molecule is CC(C)(C)S.CNc1ccc(C(C)=N)cc1C(C)=N. The number of nitrogens with one attached hydrogen (secondary N) is 3. The molecule has 19 heavy (non-hydrogen) atoms. The average molecular weight is 279 g/mol. The summed E-state index contributed by atoms with van der Waals surface area (Å²) in [7, 11) is 1.83. The van der Waals surface area contributed by atoms with Crippen LogP contribution in [0.2, 0.25) is 0 Å². The minimum absolute atomic E-state index is 0.194. The monoisotopic (exact) mass is 279 g/mol. The van der Waals surface area contributed by atoms with Gasteiger partial charge >= 0.3 is 0 Å². The summed E-state index contributed by atoms with van der Waals surface area (Å²) in [6.45, 7) is 9.65. The molecule has 0 radical (unpaired) electrons. The van der Waals surface area contributed by atoms with Gasteiger partial charge in [0.05, 0.1) is 0 Å². The van der Waals surface area contributed by atoms with Gasteiger partial charge in [0.2, 0.25) is 0 Å². The minimum Gasteiger partial charge on any atom is -0.388 e. The van der Waals surface area contributed by atoms with Gasteiger partial charge in [0, 0.05) is 34.5 Å². The van der Waals surface area contributed by atoms with Gasteiger partial charge in [0.1, 0.15) is 0 Å². The molecule has 0 heterocycles. The summed E-state index contributed by atoms with van der Waals surface area (Å²) in [6.07, 6.45) is 0. The molecule has 4 heteroatoms. The second-order valence-corrected chi connectivity index (χ2v) is 6.77. The van der Waals surface area contributed by atoms with E-state index in [2.05, 4.69) is 38.7 Å². The van der Waals surface area contributed by atoms with E-state index in [1.54, 1.807) is 13.8 Å². The van der Waals surface area contributed by atoms with Crippen molar-refractivity contribution in [3.05, 3.63) is 29.3 Å². The van der Waals surface area contributed by atoms with Gasteiger partial charge in [-0.1, -0.05) is 26.8 Å². The highest BCUT2D eigenvalue weighted by Crippen LogP contribution is 2.17. The Kier molecular flexibility index (Phi) is 6.84. The lowest BCUT2D eigenvalue weighted by atomic mass is 10.0. The van der Waals surface area contributed by atoms with Crippen LogP contribution in [0.3, 0.4) is 0 Å². The van der Waals surface area contributed by atoms with Crippen molar-refractivity contribution < 1.29 is 0 Å². The van der Waals surface area contributed by atoms with Gasteiger partial charge in [0.15, 0.2) is 0 Å². The second kappa shape index (κ2) is 7.34. The van der Waals surface area contributed by atoms with Crippen molar-refractivity contribution >= 4 is 29.7 Å². The van der Waals surface area contributed by atoms with Gasteiger partial charge in [-0.2, -0.15) is 12.6 Å². The normalized spacial score (nSPS) is 10.3. The predicted molar refractivity (Wildman–Crippen MR) is 89.7 cm³/mol. The Labute approximate surface area is 122 Å². The first-order valence-electron chi connectivity index (χ1n) is 6.21. The zero-order valence-corrected chi connectivity index (χ0v) is 13.6. The number of hydrogen-bond donors (Lipinski definition) is 4. The highest BCUT2D eigenvalue weighted by Gasteiger charge is 2.05. The van der Waals surface area contributed by atoms with E-state index in [9.17, 15) is 0 Å². The molecular weight excluding hydrogens is 254 g/mol. The molecule has 0 atom stereocenters. The van der Waals surface area contributed by atoms with Gasteiger partial charge in [-0.05, 0) is 31.5 Å². The van der Waals surface area contributed by atoms with Crippen molar-refractivity contribution in [3.8, 4) is 0 Å². The molecule has 0 amide bonds. The van der Waals surface area contributed by atoms with Gasteiger partial charge in [-0.15, -0.1) is 0 Å². The molecule has 0 unspecified atom stereocenters. The summed E-state index contributed by atoms with van der Waals surface area (Å²) < 4.78 is 0.194. The van der Waals surface area contributed by atoms with E-state index in [1.165, 1.54) is 0 Å². The zero-order valence-electron chi connectivity index (χ0n) is 12.7. The summed E-state index contributed by atoms with van der Waals surface area (Å²) in [5.41, 5.74) is 3.69. The third-order valence-corrected chi connectivity index (χ3v) is 2.13. The molecule has 3 nitrogen and oxygen atoms in total. The Morgan fingerprint density at radius 1 is 1.11 bits per heavy atom. The highest BCUT2D eigenvalue weighted by atomic mass is 32.1. The van der Waals surface area contributed by atoms with Gasteiger partial charge in [0.25, 0.3) is 0 Å². The van der Waals surface area contributed by atoms with E-state index in [4.69, 9.17) is 10.8 Å². The van der Waals surface area contributed by atoms with Crippen molar-refractivity contribution in [1.82, 2.24) is 0 Å². The maximum absolute atomic E-state index is 7.61. The third-order valence-electron chi connectivity index (χ3n) is 2.13. The zero-order chi connectivity index (χ0) is 15.2. The molecule has 0 aliphatic carbocycles. The summed E-state index contributed by atoms with van der Waals surface area (Å²) >= 11 is 4.12. The van der Waals surface area contributed by atoms with Crippen LogP contribution in [0, 0.1) is 10.8 Å². The molecule has 0 saturated carbocycles. The summed E-state index contributed by atoms with van der Waals surface area (Å²) in [6, 6.07) is 5.66. The molecule has 1 aromatic carbocycles. The molecular formula is C15H25N3S. The van der Waals surface area contributed by atoms with Crippen molar-refractivity contribution in [2.75, 3.05) is 12.4 Å². The van der Waals surface area contributed by atoms with Gasteiger partial charge < -0.3 is 16.1 Å². The fraction of sp³-hybridized carbons (Fsp3) is 0.467. The van der Waals surface area contributed by atoms with Crippen LogP contribution in [0.15, 0.2) is 18.2 Å². The number of thiol groups is 1. The Morgan fingerprint density at radius 2 is 1.58 bits per heavy atom. The molecule has 0 aliphatic rings. The van der Waals surface area contributed by atoms with E-state index in [-0.39, 0.29) is 4.75 Å². The lowest BCUT2D eigenvalue weighted by Gasteiger charge is -2.09. The van der Waals surface area contributed by atoms with Crippen molar-refractivity contribution in [3.63, 3.8) is 0 Å². The van der Waals surface area contributed by atoms with Crippen molar-refractivity contribution in [2.45, 2.75) is 39.4 Å². The standard InChI is InChI=1S/C11H15N3.C4H10S/c1-7(12)9-4-5-11(14-3)10(6-9)8(2)13;1-4(2,3)5/h4-6,12-14H,1-3H3;5H,1-3H3. The molecule has 0 saturated heterocycles. The first-order valence-corrected chi connectivity index (χ1v) is 6.66.